The molecule has 0 radical (unpaired) electrons. The molecule has 1 nitrogen and oxygen atoms in total. The Morgan fingerprint density at radius 3 is 2.60 bits per heavy atom. The molecule has 1 rings (SSSR count). The first-order valence-corrected chi connectivity index (χ1v) is 5.53. The molecular formula is C10H18BF3N-. The molecule has 15 heavy (non-hydrogen) atoms. The van der Waals surface area contributed by atoms with E-state index in [-0.39, 0.29) is 12.6 Å². The highest BCUT2D eigenvalue weighted by molar-refractivity contribution is 6.66. The molecule has 0 aliphatic carbocycles. The number of hydrogen-bond acceptors (Lipinski definition) is 1. The van der Waals surface area contributed by atoms with Crippen LogP contribution in [-0.4, -0.2) is 31.0 Å². The summed E-state index contributed by atoms with van der Waals surface area (Å²) < 4.78 is 37.1. The summed E-state index contributed by atoms with van der Waals surface area (Å²) >= 11 is 0. The zero-order chi connectivity index (χ0) is 11.5. The van der Waals surface area contributed by atoms with Crippen LogP contribution in [0.2, 0.25) is 0 Å². The first-order chi connectivity index (χ1) is 6.91. The summed E-state index contributed by atoms with van der Waals surface area (Å²) in [7, 11) is 0. The van der Waals surface area contributed by atoms with Gasteiger partial charge < -0.3 is 12.9 Å². The van der Waals surface area contributed by atoms with Gasteiger partial charge in [0.1, 0.15) is 0 Å². The van der Waals surface area contributed by atoms with Gasteiger partial charge in [-0.15, -0.1) is 12.1 Å². The fraction of sp³-hybridized carbons (Fsp3) is 0.800. The van der Waals surface area contributed by atoms with Gasteiger partial charge in [0, 0.05) is 6.04 Å². The average Bonchev–Trinajstić information content (AvgIpc) is 2.30. The molecule has 1 unspecified atom stereocenters. The summed E-state index contributed by atoms with van der Waals surface area (Å²) in [5.74, 6) is 0. The summed E-state index contributed by atoms with van der Waals surface area (Å²) in [6.07, 6.45) is 4.26. The monoisotopic (exact) mass is 220 g/mol. The summed E-state index contributed by atoms with van der Waals surface area (Å²) in [5, 5.41) is 0. The van der Waals surface area contributed by atoms with Crippen molar-refractivity contribution in [2.24, 2.45) is 0 Å². The number of rotatable bonds is 3. The van der Waals surface area contributed by atoms with Crippen molar-refractivity contribution in [1.29, 1.82) is 0 Å². The van der Waals surface area contributed by atoms with Crippen molar-refractivity contribution >= 4 is 6.98 Å². The highest BCUT2D eigenvalue weighted by Crippen LogP contribution is 2.22. The zero-order valence-corrected chi connectivity index (χ0v) is 9.19. The van der Waals surface area contributed by atoms with Gasteiger partial charge in [0.15, 0.2) is 0 Å². The van der Waals surface area contributed by atoms with Crippen LogP contribution in [0.25, 0.3) is 0 Å². The van der Waals surface area contributed by atoms with Gasteiger partial charge >= 0.3 is 6.98 Å². The van der Waals surface area contributed by atoms with E-state index in [2.05, 4.69) is 6.58 Å². The molecule has 0 aromatic rings. The second-order valence-corrected chi connectivity index (χ2v) is 4.40. The lowest BCUT2D eigenvalue weighted by Gasteiger charge is -2.31. The molecule has 0 N–H and O–H groups in total. The van der Waals surface area contributed by atoms with Gasteiger partial charge in [0.2, 0.25) is 0 Å². The van der Waals surface area contributed by atoms with Crippen LogP contribution in [0.4, 0.5) is 12.9 Å². The molecule has 0 aromatic heterocycles. The Labute approximate surface area is 89.4 Å². The van der Waals surface area contributed by atoms with Crippen molar-refractivity contribution in [2.45, 2.75) is 38.6 Å². The van der Waals surface area contributed by atoms with Gasteiger partial charge in [-0.1, -0.05) is 12.8 Å². The van der Waals surface area contributed by atoms with Crippen molar-refractivity contribution in [2.75, 3.05) is 13.1 Å². The number of likely N-dealkylation sites (tertiary alicyclic amines) is 1. The smallest absolute Gasteiger partial charge is 0.445 e. The fourth-order valence-corrected chi connectivity index (χ4v) is 1.93. The Balaban J connectivity index is 2.52. The highest BCUT2D eigenvalue weighted by Gasteiger charge is 2.29. The Morgan fingerprint density at radius 1 is 1.33 bits per heavy atom. The van der Waals surface area contributed by atoms with Gasteiger partial charge in [0.05, 0.1) is 0 Å². The molecule has 88 valence electrons. The predicted octanol–water partition coefficient (Wildman–Crippen LogP) is 3.19. The van der Waals surface area contributed by atoms with Gasteiger partial charge in [-0.25, -0.2) is 0 Å². The summed E-state index contributed by atoms with van der Waals surface area (Å²) in [6, 6.07) is 0.252. The molecule has 1 fully saturated rings. The van der Waals surface area contributed by atoms with Crippen molar-refractivity contribution in [1.82, 2.24) is 4.90 Å². The topological polar surface area (TPSA) is 3.24 Å². The van der Waals surface area contributed by atoms with Gasteiger partial charge in [-0.2, -0.15) is 0 Å². The highest BCUT2D eigenvalue weighted by atomic mass is 19.4. The third-order valence-electron chi connectivity index (χ3n) is 3.06. The Kier molecular flexibility index (Phi) is 4.26. The van der Waals surface area contributed by atoms with Crippen molar-refractivity contribution < 1.29 is 12.9 Å². The van der Waals surface area contributed by atoms with Crippen LogP contribution in [0, 0.1) is 0 Å². The normalized spacial score (nSPS) is 24.9. The second-order valence-electron chi connectivity index (χ2n) is 4.40. The van der Waals surface area contributed by atoms with Crippen LogP contribution < -0.4 is 0 Å². The number of halogens is 3. The minimum absolute atomic E-state index is 0.00926. The van der Waals surface area contributed by atoms with Gasteiger partial charge in [-0.3, -0.25) is 4.90 Å². The lowest BCUT2D eigenvalue weighted by Crippen LogP contribution is -2.38. The molecule has 1 aliphatic heterocycles. The maximum Gasteiger partial charge on any atom is 0.506 e. The largest absolute Gasteiger partial charge is 0.506 e. The molecule has 1 heterocycles. The first kappa shape index (κ1) is 12.6. The molecule has 0 bridgehead atoms. The van der Waals surface area contributed by atoms with E-state index in [4.69, 9.17) is 0 Å². The van der Waals surface area contributed by atoms with Crippen LogP contribution in [0.1, 0.15) is 32.6 Å². The van der Waals surface area contributed by atoms with Crippen LogP contribution in [0.15, 0.2) is 12.1 Å². The van der Waals surface area contributed by atoms with Crippen molar-refractivity contribution in [3.8, 4) is 0 Å². The van der Waals surface area contributed by atoms with Crippen LogP contribution >= 0.6 is 0 Å². The Hall–Kier alpha value is -0.445. The van der Waals surface area contributed by atoms with Gasteiger partial charge in [0.25, 0.3) is 0 Å². The van der Waals surface area contributed by atoms with Crippen molar-refractivity contribution in [3.63, 3.8) is 0 Å². The molecule has 1 atom stereocenters. The Morgan fingerprint density at radius 2 is 2.00 bits per heavy atom. The lowest BCUT2D eigenvalue weighted by molar-refractivity contribution is 0.232. The number of hydrogen-bond donors (Lipinski definition) is 0. The standard InChI is InChI=1S/C10H18BF3N/c1-9(11(12,13)14)8-15-7-5-3-4-6-10(15)2/h10H,1,3-8H2,2H3/q-1. The Bertz CT molecular complexity index is 227. The van der Waals surface area contributed by atoms with Crippen LogP contribution in [0.3, 0.4) is 0 Å². The third-order valence-corrected chi connectivity index (χ3v) is 3.06. The van der Waals surface area contributed by atoms with E-state index in [1.165, 1.54) is 0 Å². The number of nitrogens with zero attached hydrogens (tertiary/aromatic N) is 1. The van der Waals surface area contributed by atoms with Crippen molar-refractivity contribution in [3.05, 3.63) is 12.1 Å². The first-order valence-electron chi connectivity index (χ1n) is 5.53. The molecule has 1 aliphatic rings. The molecule has 0 aromatic carbocycles. The van der Waals surface area contributed by atoms with E-state index in [1.807, 2.05) is 11.8 Å². The fourth-order valence-electron chi connectivity index (χ4n) is 1.93. The second kappa shape index (κ2) is 5.06. The van der Waals surface area contributed by atoms with E-state index in [9.17, 15) is 12.9 Å². The SMILES string of the molecule is C=C(CN1CCCCCC1C)[B-](F)(F)F. The van der Waals surface area contributed by atoms with Crippen LogP contribution in [-0.2, 0) is 0 Å². The summed E-state index contributed by atoms with van der Waals surface area (Å²) in [6.45, 7) is 1.04. The molecule has 0 saturated carbocycles. The maximum atomic E-state index is 12.4. The third kappa shape index (κ3) is 3.90. The molecule has 0 amide bonds. The average molecular weight is 220 g/mol. The van der Waals surface area contributed by atoms with E-state index in [0.717, 1.165) is 32.2 Å². The van der Waals surface area contributed by atoms with Crippen LogP contribution in [0.5, 0.6) is 0 Å². The minimum Gasteiger partial charge on any atom is -0.445 e. The van der Waals surface area contributed by atoms with E-state index < -0.39 is 12.4 Å². The van der Waals surface area contributed by atoms with Gasteiger partial charge in [-0.05, 0) is 32.9 Å². The maximum absolute atomic E-state index is 12.4. The van der Waals surface area contributed by atoms with E-state index >= 15 is 0 Å². The minimum atomic E-state index is -4.87. The quantitative estimate of drug-likeness (QED) is 0.660. The zero-order valence-electron chi connectivity index (χ0n) is 9.19. The summed E-state index contributed by atoms with van der Waals surface area (Å²) in [5.41, 5.74) is -0.566. The molecule has 1 saturated heterocycles. The molecule has 0 spiro atoms. The lowest BCUT2D eigenvalue weighted by atomic mass is 9.80. The van der Waals surface area contributed by atoms with E-state index in [1.54, 1.807) is 0 Å². The van der Waals surface area contributed by atoms with E-state index in [0.29, 0.717) is 0 Å². The molecule has 5 heteroatoms. The molecular weight excluding hydrogens is 202 g/mol. The summed E-state index contributed by atoms with van der Waals surface area (Å²) in [4.78, 5) is 1.91. The predicted molar refractivity (Wildman–Crippen MR) is 57.7 cm³/mol.